The van der Waals surface area contributed by atoms with Gasteiger partial charge in [0.1, 0.15) is 0 Å². The highest BCUT2D eigenvalue weighted by molar-refractivity contribution is 7.89. The third-order valence-electron chi connectivity index (χ3n) is 3.12. The van der Waals surface area contributed by atoms with Crippen molar-refractivity contribution in [1.29, 1.82) is 0 Å². The number of nitrogens with two attached hydrogens (primary N) is 1. The largest absolute Gasteiger partial charge is 0.398 e. The summed E-state index contributed by atoms with van der Waals surface area (Å²) in [6, 6.07) is 14.3. The fourth-order valence-corrected chi connectivity index (χ4v) is 3.15. The van der Waals surface area contributed by atoms with Crippen LogP contribution in [-0.4, -0.2) is 15.0 Å². The first kappa shape index (κ1) is 15.5. The molecule has 0 bridgehead atoms. The first-order chi connectivity index (χ1) is 9.90. The van der Waals surface area contributed by atoms with Gasteiger partial charge in [0, 0.05) is 17.8 Å². The van der Waals surface area contributed by atoms with Crippen LogP contribution in [0, 0.1) is 5.92 Å². The van der Waals surface area contributed by atoms with Crippen molar-refractivity contribution < 1.29 is 8.42 Å². The predicted octanol–water partition coefficient (Wildman–Crippen LogP) is 2.87. The van der Waals surface area contributed by atoms with E-state index in [0.717, 1.165) is 11.1 Å². The zero-order valence-electron chi connectivity index (χ0n) is 12.2. The minimum Gasteiger partial charge on any atom is -0.398 e. The molecule has 0 aliphatic heterocycles. The van der Waals surface area contributed by atoms with E-state index >= 15 is 0 Å². The van der Waals surface area contributed by atoms with Crippen molar-refractivity contribution in [3.05, 3.63) is 48.5 Å². The molecule has 3 N–H and O–H groups in total. The lowest BCUT2D eigenvalue weighted by Crippen LogP contribution is -2.27. The number of hydrogen-bond donors (Lipinski definition) is 2. The van der Waals surface area contributed by atoms with Crippen molar-refractivity contribution >= 4 is 15.7 Å². The monoisotopic (exact) mass is 304 g/mol. The second-order valence-corrected chi connectivity index (χ2v) is 7.12. The quantitative estimate of drug-likeness (QED) is 0.834. The van der Waals surface area contributed by atoms with Crippen molar-refractivity contribution in [2.45, 2.75) is 18.7 Å². The zero-order valence-corrected chi connectivity index (χ0v) is 13.0. The molecule has 2 aromatic carbocycles. The maximum Gasteiger partial charge on any atom is 0.240 e. The van der Waals surface area contributed by atoms with E-state index in [1.165, 1.54) is 0 Å². The van der Waals surface area contributed by atoms with Gasteiger partial charge in [-0.3, -0.25) is 0 Å². The molecule has 0 heterocycles. The lowest BCUT2D eigenvalue weighted by molar-refractivity contribution is 0.560. The molecule has 0 aliphatic carbocycles. The van der Waals surface area contributed by atoms with Gasteiger partial charge >= 0.3 is 0 Å². The van der Waals surface area contributed by atoms with Crippen molar-refractivity contribution in [2.24, 2.45) is 5.92 Å². The summed E-state index contributed by atoms with van der Waals surface area (Å²) >= 11 is 0. The van der Waals surface area contributed by atoms with Crippen LogP contribution >= 0.6 is 0 Å². The summed E-state index contributed by atoms with van der Waals surface area (Å²) in [6.45, 7) is 4.35. The van der Waals surface area contributed by atoms with Gasteiger partial charge in [0.05, 0.1) is 4.90 Å². The fraction of sp³-hybridized carbons (Fsp3) is 0.250. The van der Waals surface area contributed by atoms with Crippen molar-refractivity contribution in [3.8, 4) is 11.1 Å². The van der Waals surface area contributed by atoms with Gasteiger partial charge in [-0.2, -0.15) is 0 Å². The molecule has 0 aromatic heterocycles. The van der Waals surface area contributed by atoms with E-state index in [9.17, 15) is 8.42 Å². The molecule has 4 nitrogen and oxygen atoms in total. The van der Waals surface area contributed by atoms with Crippen LogP contribution in [0.1, 0.15) is 13.8 Å². The van der Waals surface area contributed by atoms with Crippen LogP contribution < -0.4 is 10.5 Å². The third-order valence-corrected chi connectivity index (χ3v) is 4.56. The fourth-order valence-electron chi connectivity index (χ4n) is 1.93. The molecular weight excluding hydrogens is 284 g/mol. The van der Waals surface area contributed by atoms with Crippen LogP contribution in [0.15, 0.2) is 53.4 Å². The Bertz CT molecular complexity index is 707. The number of anilines is 1. The van der Waals surface area contributed by atoms with E-state index in [4.69, 9.17) is 5.73 Å². The average molecular weight is 304 g/mol. The van der Waals surface area contributed by atoms with Crippen LogP contribution in [0.5, 0.6) is 0 Å². The Morgan fingerprint density at radius 3 is 2.24 bits per heavy atom. The molecule has 0 atom stereocenters. The molecular formula is C16H20N2O2S. The summed E-state index contributed by atoms with van der Waals surface area (Å²) < 4.78 is 26.8. The molecule has 0 saturated heterocycles. The van der Waals surface area contributed by atoms with Crippen LogP contribution in [0.25, 0.3) is 11.1 Å². The minimum atomic E-state index is -3.45. The summed E-state index contributed by atoms with van der Waals surface area (Å²) in [7, 11) is -3.45. The number of hydrogen-bond acceptors (Lipinski definition) is 3. The number of rotatable bonds is 5. The van der Waals surface area contributed by atoms with Gasteiger partial charge < -0.3 is 5.73 Å². The zero-order chi connectivity index (χ0) is 15.5. The van der Waals surface area contributed by atoms with E-state index in [0.29, 0.717) is 12.2 Å². The molecule has 0 spiro atoms. The highest BCUT2D eigenvalue weighted by Crippen LogP contribution is 2.26. The topological polar surface area (TPSA) is 72.2 Å². The van der Waals surface area contributed by atoms with Gasteiger partial charge in [0.15, 0.2) is 0 Å². The lowest BCUT2D eigenvalue weighted by Gasteiger charge is -2.10. The Labute approximate surface area is 126 Å². The molecule has 5 heteroatoms. The molecule has 112 valence electrons. The molecule has 0 amide bonds. The van der Waals surface area contributed by atoms with E-state index in [1.807, 2.05) is 38.1 Å². The first-order valence-corrected chi connectivity index (χ1v) is 8.33. The molecule has 2 aromatic rings. The van der Waals surface area contributed by atoms with Crippen LogP contribution in [0.2, 0.25) is 0 Å². The Morgan fingerprint density at radius 2 is 1.67 bits per heavy atom. The molecule has 21 heavy (non-hydrogen) atoms. The van der Waals surface area contributed by atoms with Gasteiger partial charge in [-0.25, -0.2) is 13.1 Å². The number of sulfonamides is 1. The van der Waals surface area contributed by atoms with Gasteiger partial charge in [-0.05, 0) is 29.7 Å². The minimum absolute atomic E-state index is 0.265. The van der Waals surface area contributed by atoms with Crippen LogP contribution in [-0.2, 0) is 10.0 Å². The van der Waals surface area contributed by atoms with Crippen LogP contribution in [0.4, 0.5) is 5.69 Å². The maximum absolute atomic E-state index is 12.1. The highest BCUT2D eigenvalue weighted by atomic mass is 32.2. The highest BCUT2D eigenvalue weighted by Gasteiger charge is 2.14. The smallest absolute Gasteiger partial charge is 0.240 e. The van der Waals surface area contributed by atoms with Gasteiger partial charge in [0.25, 0.3) is 0 Å². The van der Waals surface area contributed by atoms with Crippen molar-refractivity contribution in [1.82, 2.24) is 4.72 Å². The summed E-state index contributed by atoms with van der Waals surface area (Å²) in [5.74, 6) is 0.267. The molecule has 0 saturated carbocycles. The second-order valence-electron chi connectivity index (χ2n) is 5.36. The average Bonchev–Trinajstić information content (AvgIpc) is 2.46. The summed E-state index contributed by atoms with van der Waals surface area (Å²) in [5.41, 5.74) is 8.40. The first-order valence-electron chi connectivity index (χ1n) is 6.85. The summed E-state index contributed by atoms with van der Waals surface area (Å²) in [6.07, 6.45) is 0. The molecule has 0 aliphatic rings. The third kappa shape index (κ3) is 3.83. The van der Waals surface area contributed by atoms with E-state index in [1.54, 1.807) is 24.3 Å². The lowest BCUT2D eigenvalue weighted by atomic mass is 10.0. The Kier molecular flexibility index (Phi) is 4.65. The molecule has 0 fully saturated rings. The number of benzene rings is 2. The van der Waals surface area contributed by atoms with Gasteiger partial charge in [-0.15, -0.1) is 0 Å². The van der Waals surface area contributed by atoms with Crippen molar-refractivity contribution in [3.63, 3.8) is 0 Å². The van der Waals surface area contributed by atoms with Crippen LogP contribution in [0.3, 0.4) is 0 Å². The van der Waals surface area contributed by atoms with Gasteiger partial charge in [-0.1, -0.05) is 44.2 Å². The standard InChI is InChI=1S/C16H20N2O2S/c1-12(2)11-18-21(19,20)14-9-7-13(8-10-14)15-5-3-4-6-16(15)17/h3-10,12,18H,11,17H2,1-2H3. The summed E-state index contributed by atoms with van der Waals surface area (Å²) in [4.78, 5) is 0.265. The maximum atomic E-state index is 12.1. The SMILES string of the molecule is CC(C)CNS(=O)(=O)c1ccc(-c2ccccc2N)cc1. The van der Waals surface area contributed by atoms with E-state index in [-0.39, 0.29) is 10.8 Å². The number of nitrogen functional groups attached to an aromatic ring is 1. The number of nitrogens with one attached hydrogen (secondary N) is 1. The molecule has 2 rings (SSSR count). The van der Waals surface area contributed by atoms with Crippen molar-refractivity contribution in [2.75, 3.05) is 12.3 Å². The normalized spacial score (nSPS) is 11.8. The van der Waals surface area contributed by atoms with Gasteiger partial charge in [0.2, 0.25) is 10.0 Å². The Hall–Kier alpha value is -1.85. The Balaban J connectivity index is 2.25. The molecule has 0 unspecified atom stereocenters. The summed E-state index contributed by atoms with van der Waals surface area (Å²) in [5, 5.41) is 0. The predicted molar refractivity (Wildman–Crippen MR) is 86.3 cm³/mol. The Morgan fingerprint density at radius 1 is 1.05 bits per heavy atom. The second kappa shape index (κ2) is 6.28. The number of para-hydroxylation sites is 1. The van der Waals surface area contributed by atoms with E-state index < -0.39 is 10.0 Å². The van der Waals surface area contributed by atoms with E-state index in [2.05, 4.69) is 4.72 Å². The molecule has 0 radical (unpaired) electrons.